The minimum atomic E-state index is -0.00259. The van der Waals surface area contributed by atoms with Crippen molar-refractivity contribution in [2.24, 2.45) is 10.9 Å². The van der Waals surface area contributed by atoms with Gasteiger partial charge in [-0.1, -0.05) is 35.5 Å². The highest BCUT2D eigenvalue weighted by atomic mass is 16.4. The molecule has 74 valence electrons. The van der Waals surface area contributed by atoms with Gasteiger partial charge in [-0.05, 0) is 0 Å². The van der Waals surface area contributed by atoms with Crippen molar-refractivity contribution in [1.29, 1.82) is 0 Å². The number of nitrogens with zero attached hydrogens (tertiary/aromatic N) is 1. The Morgan fingerprint density at radius 2 is 1.93 bits per heavy atom. The van der Waals surface area contributed by atoms with Crippen LogP contribution in [0.5, 0.6) is 0 Å². The lowest BCUT2D eigenvalue weighted by atomic mass is 10.1. The average molecular weight is 192 g/mol. The fourth-order valence-corrected chi connectivity index (χ4v) is 1.06. The number of amidine groups is 1. The van der Waals surface area contributed by atoms with Crippen molar-refractivity contribution in [2.75, 3.05) is 0 Å². The van der Waals surface area contributed by atoms with Gasteiger partial charge in [0.1, 0.15) is 5.84 Å². The van der Waals surface area contributed by atoms with E-state index in [9.17, 15) is 4.79 Å². The molecule has 0 heterocycles. The molecule has 14 heavy (non-hydrogen) atoms. The standard InChI is InChI=1S/C10H12N2O2/c11-10(12-14)7-6-9(13)8-4-2-1-3-5-8/h1-5,14H,6-7H2,(H2,11,12). The van der Waals surface area contributed by atoms with Gasteiger partial charge >= 0.3 is 0 Å². The number of rotatable bonds is 4. The number of carbonyl (C=O) groups is 1. The molecule has 0 aromatic heterocycles. The molecule has 0 spiro atoms. The first-order valence-corrected chi connectivity index (χ1v) is 4.28. The maximum Gasteiger partial charge on any atom is 0.163 e. The molecule has 0 aliphatic carbocycles. The highest BCUT2D eigenvalue weighted by molar-refractivity contribution is 5.98. The number of Topliss-reactive ketones (excluding diaryl/α,β-unsaturated/α-hetero) is 1. The monoisotopic (exact) mass is 192 g/mol. The molecule has 4 heteroatoms. The Bertz CT molecular complexity index is 333. The molecule has 0 saturated heterocycles. The highest BCUT2D eigenvalue weighted by Crippen LogP contribution is 2.04. The third-order valence-corrected chi connectivity index (χ3v) is 1.83. The van der Waals surface area contributed by atoms with E-state index >= 15 is 0 Å². The van der Waals surface area contributed by atoms with Gasteiger partial charge < -0.3 is 10.9 Å². The summed E-state index contributed by atoms with van der Waals surface area (Å²) in [5.74, 6) is 0.0754. The molecule has 1 rings (SSSR count). The van der Waals surface area contributed by atoms with Gasteiger partial charge in [0, 0.05) is 18.4 Å². The van der Waals surface area contributed by atoms with Crippen LogP contribution in [0.3, 0.4) is 0 Å². The van der Waals surface area contributed by atoms with Crippen LogP contribution in [0.4, 0.5) is 0 Å². The molecule has 1 aromatic carbocycles. The summed E-state index contributed by atoms with van der Waals surface area (Å²) in [4.78, 5) is 11.5. The van der Waals surface area contributed by atoms with Crippen LogP contribution in [-0.4, -0.2) is 16.8 Å². The van der Waals surface area contributed by atoms with Gasteiger partial charge in [-0.3, -0.25) is 4.79 Å². The van der Waals surface area contributed by atoms with Gasteiger partial charge in [0.2, 0.25) is 0 Å². The summed E-state index contributed by atoms with van der Waals surface area (Å²) >= 11 is 0. The van der Waals surface area contributed by atoms with Crippen molar-refractivity contribution in [1.82, 2.24) is 0 Å². The first-order valence-electron chi connectivity index (χ1n) is 4.28. The summed E-state index contributed by atoms with van der Waals surface area (Å²) in [5.41, 5.74) is 5.90. The Balaban J connectivity index is 2.52. The number of hydrogen-bond acceptors (Lipinski definition) is 3. The molecular formula is C10H12N2O2. The van der Waals surface area contributed by atoms with E-state index in [1.54, 1.807) is 24.3 Å². The van der Waals surface area contributed by atoms with Crippen LogP contribution in [0.15, 0.2) is 35.5 Å². The van der Waals surface area contributed by atoms with Crippen molar-refractivity contribution in [2.45, 2.75) is 12.8 Å². The van der Waals surface area contributed by atoms with Crippen molar-refractivity contribution in [3.8, 4) is 0 Å². The van der Waals surface area contributed by atoms with Gasteiger partial charge in [-0.25, -0.2) is 0 Å². The molecule has 0 bridgehead atoms. The lowest BCUT2D eigenvalue weighted by Crippen LogP contribution is -2.13. The summed E-state index contributed by atoms with van der Waals surface area (Å²) in [6.07, 6.45) is 0.546. The SMILES string of the molecule is N/C(CCC(=O)c1ccccc1)=N\O. The van der Waals surface area contributed by atoms with Gasteiger partial charge in [0.15, 0.2) is 5.78 Å². The quantitative estimate of drug-likeness (QED) is 0.249. The molecule has 0 unspecified atom stereocenters. The van der Waals surface area contributed by atoms with E-state index < -0.39 is 0 Å². The molecule has 0 aliphatic heterocycles. The van der Waals surface area contributed by atoms with Crippen LogP contribution in [0.2, 0.25) is 0 Å². The van der Waals surface area contributed by atoms with E-state index in [0.29, 0.717) is 5.56 Å². The minimum absolute atomic E-state index is 0.00259. The summed E-state index contributed by atoms with van der Waals surface area (Å²) < 4.78 is 0. The highest BCUT2D eigenvalue weighted by Gasteiger charge is 2.05. The van der Waals surface area contributed by atoms with E-state index in [1.165, 1.54) is 0 Å². The maximum absolute atomic E-state index is 11.5. The lowest BCUT2D eigenvalue weighted by molar-refractivity contribution is 0.0984. The van der Waals surface area contributed by atoms with E-state index in [4.69, 9.17) is 10.9 Å². The predicted molar refractivity (Wildman–Crippen MR) is 53.4 cm³/mol. The summed E-state index contributed by atoms with van der Waals surface area (Å²) in [5, 5.41) is 11.1. The zero-order chi connectivity index (χ0) is 10.4. The Hall–Kier alpha value is -1.84. The Morgan fingerprint density at radius 3 is 2.50 bits per heavy atom. The minimum Gasteiger partial charge on any atom is -0.409 e. The van der Waals surface area contributed by atoms with Crippen molar-refractivity contribution in [3.05, 3.63) is 35.9 Å². The molecule has 1 aromatic rings. The molecule has 4 nitrogen and oxygen atoms in total. The second-order valence-electron chi connectivity index (χ2n) is 2.88. The van der Waals surface area contributed by atoms with Crippen LogP contribution in [0.25, 0.3) is 0 Å². The van der Waals surface area contributed by atoms with Crippen LogP contribution < -0.4 is 5.73 Å². The number of benzene rings is 1. The van der Waals surface area contributed by atoms with Gasteiger partial charge in [-0.15, -0.1) is 0 Å². The number of hydrogen-bond donors (Lipinski definition) is 2. The van der Waals surface area contributed by atoms with Crippen molar-refractivity contribution < 1.29 is 10.0 Å². The average Bonchev–Trinajstić information content (AvgIpc) is 2.26. The van der Waals surface area contributed by atoms with Crippen molar-refractivity contribution in [3.63, 3.8) is 0 Å². The lowest BCUT2D eigenvalue weighted by Gasteiger charge is -1.99. The topological polar surface area (TPSA) is 75.7 Å². The molecule has 0 radical (unpaired) electrons. The second-order valence-corrected chi connectivity index (χ2v) is 2.88. The van der Waals surface area contributed by atoms with Gasteiger partial charge in [0.25, 0.3) is 0 Å². The smallest absolute Gasteiger partial charge is 0.163 e. The fourth-order valence-electron chi connectivity index (χ4n) is 1.06. The first-order chi connectivity index (χ1) is 6.74. The maximum atomic E-state index is 11.5. The molecule has 3 N–H and O–H groups in total. The normalized spacial score (nSPS) is 11.3. The van der Waals surface area contributed by atoms with E-state index in [1.807, 2.05) is 6.07 Å². The third-order valence-electron chi connectivity index (χ3n) is 1.83. The summed E-state index contributed by atoms with van der Waals surface area (Å²) in [6, 6.07) is 8.94. The molecule has 0 saturated carbocycles. The summed E-state index contributed by atoms with van der Waals surface area (Å²) in [7, 11) is 0. The summed E-state index contributed by atoms with van der Waals surface area (Å²) in [6.45, 7) is 0. The van der Waals surface area contributed by atoms with Crippen LogP contribution in [0, 0.1) is 0 Å². The molecule has 0 aliphatic rings. The second kappa shape index (κ2) is 5.01. The Kier molecular flexibility index (Phi) is 3.67. The molecule has 0 amide bonds. The molecular weight excluding hydrogens is 180 g/mol. The zero-order valence-corrected chi connectivity index (χ0v) is 7.68. The van der Waals surface area contributed by atoms with Gasteiger partial charge in [0.05, 0.1) is 0 Å². The van der Waals surface area contributed by atoms with E-state index in [0.717, 1.165) is 0 Å². The number of carbonyl (C=O) groups excluding carboxylic acids is 1. The van der Waals surface area contributed by atoms with Crippen molar-refractivity contribution >= 4 is 11.6 Å². The van der Waals surface area contributed by atoms with E-state index in [2.05, 4.69) is 5.16 Å². The fraction of sp³-hybridized carbons (Fsp3) is 0.200. The Labute approximate surface area is 82.0 Å². The van der Waals surface area contributed by atoms with E-state index in [-0.39, 0.29) is 24.5 Å². The number of ketones is 1. The van der Waals surface area contributed by atoms with Gasteiger partial charge in [-0.2, -0.15) is 0 Å². The van der Waals surface area contributed by atoms with Crippen LogP contribution >= 0.6 is 0 Å². The Morgan fingerprint density at radius 1 is 1.29 bits per heavy atom. The third kappa shape index (κ3) is 2.90. The van der Waals surface area contributed by atoms with Crippen LogP contribution in [-0.2, 0) is 0 Å². The largest absolute Gasteiger partial charge is 0.409 e. The number of nitrogens with two attached hydrogens (primary N) is 1. The predicted octanol–water partition coefficient (Wildman–Crippen LogP) is 1.40. The number of oxime groups is 1. The molecule has 0 fully saturated rings. The first kappa shape index (κ1) is 10.2. The molecule has 0 atom stereocenters. The zero-order valence-electron chi connectivity index (χ0n) is 7.68. The van der Waals surface area contributed by atoms with Crippen LogP contribution in [0.1, 0.15) is 23.2 Å².